The molecule has 2 nitrogen and oxygen atoms in total. The van der Waals surface area contributed by atoms with E-state index in [9.17, 15) is 4.79 Å². The molecular weight excluding hydrogens is 236 g/mol. The minimum atomic E-state index is -0.413. The number of benzene rings is 1. The van der Waals surface area contributed by atoms with Gasteiger partial charge in [-0.2, -0.15) is 0 Å². The Balaban J connectivity index is 2.03. The number of hydrogen-bond acceptors (Lipinski definition) is 2. The summed E-state index contributed by atoms with van der Waals surface area (Å²) in [5.41, 5.74) is 1.66. The van der Waals surface area contributed by atoms with E-state index >= 15 is 0 Å². The highest BCUT2D eigenvalue weighted by Gasteiger charge is 2.33. The minimum absolute atomic E-state index is 0.225. The lowest BCUT2D eigenvalue weighted by molar-refractivity contribution is -0.0322. The molecule has 19 heavy (non-hydrogen) atoms. The molecule has 0 amide bonds. The van der Waals surface area contributed by atoms with E-state index in [0.29, 0.717) is 11.5 Å². The molecule has 0 N–H and O–H groups in total. The van der Waals surface area contributed by atoms with Crippen LogP contribution in [0.25, 0.3) is 0 Å². The lowest BCUT2D eigenvalue weighted by Crippen LogP contribution is -2.37. The van der Waals surface area contributed by atoms with E-state index in [4.69, 9.17) is 4.74 Å². The second kappa shape index (κ2) is 5.60. The topological polar surface area (TPSA) is 26.3 Å². The van der Waals surface area contributed by atoms with Crippen molar-refractivity contribution in [3.05, 3.63) is 47.5 Å². The van der Waals surface area contributed by atoms with Crippen LogP contribution >= 0.6 is 0 Å². The summed E-state index contributed by atoms with van der Waals surface area (Å²) in [5, 5.41) is 0. The van der Waals surface area contributed by atoms with Crippen molar-refractivity contribution in [3.8, 4) is 0 Å². The first-order valence-electron chi connectivity index (χ1n) is 6.93. The SMILES string of the molecule is CC1=CCC(C(C)(C)OC(=O)c2ccccc2)CC1. The molecular formula is C17H22O2. The smallest absolute Gasteiger partial charge is 0.338 e. The molecule has 0 aliphatic heterocycles. The number of carbonyl (C=O) groups is 1. The van der Waals surface area contributed by atoms with E-state index in [1.54, 1.807) is 12.1 Å². The van der Waals surface area contributed by atoms with Gasteiger partial charge in [0.2, 0.25) is 0 Å². The van der Waals surface area contributed by atoms with Gasteiger partial charge >= 0.3 is 5.97 Å². The molecule has 1 aromatic carbocycles. The molecule has 2 rings (SSSR count). The maximum absolute atomic E-state index is 12.1. The van der Waals surface area contributed by atoms with Gasteiger partial charge in [0.15, 0.2) is 0 Å². The summed E-state index contributed by atoms with van der Waals surface area (Å²) in [6, 6.07) is 9.20. The Hall–Kier alpha value is -1.57. The molecule has 1 aliphatic rings. The van der Waals surface area contributed by atoms with Gasteiger partial charge in [0.1, 0.15) is 5.60 Å². The van der Waals surface area contributed by atoms with Crippen molar-refractivity contribution in [1.29, 1.82) is 0 Å². The summed E-state index contributed by atoms with van der Waals surface area (Å²) in [6.45, 7) is 6.21. The van der Waals surface area contributed by atoms with Gasteiger partial charge in [0, 0.05) is 5.92 Å². The summed E-state index contributed by atoms with van der Waals surface area (Å²) >= 11 is 0. The highest BCUT2D eigenvalue weighted by Crippen LogP contribution is 2.34. The molecule has 1 unspecified atom stereocenters. The van der Waals surface area contributed by atoms with Crippen LogP contribution in [0.15, 0.2) is 42.0 Å². The van der Waals surface area contributed by atoms with Crippen LogP contribution in [0.1, 0.15) is 50.4 Å². The first kappa shape index (κ1) is 13.9. The minimum Gasteiger partial charge on any atom is -0.456 e. The summed E-state index contributed by atoms with van der Waals surface area (Å²) in [7, 11) is 0. The van der Waals surface area contributed by atoms with Crippen LogP contribution in [0.5, 0.6) is 0 Å². The van der Waals surface area contributed by atoms with E-state index in [0.717, 1.165) is 19.3 Å². The van der Waals surface area contributed by atoms with Crippen molar-refractivity contribution in [1.82, 2.24) is 0 Å². The predicted octanol–water partition coefficient (Wildman–Crippen LogP) is 4.37. The fourth-order valence-electron chi connectivity index (χ4n) is 2.55. The lowest BCUT2D eigenvalue weighted by Gasteiger charge is -2.35. The molecule has 0 radical (unpaired) electrons. The summed E-state index contributed by atoms with van der Waals surface area (Å²) < 4.78 is 5.73. The zero-order chi connectivity index (χ0) is 13.9. The van der Waals surface area contributed by atoms with E-state index in [1.807, 2.05) is 32.0 Å². The summed E-state index contributed by atoms with van der Waals surface area (Å²) in [5.74, 6) is 0.181. The van der Waals surface area contributed by atoms with Crippen molar-refractivity contribution in [2.45, 2.75) is 45.6 Å². The van der Waals surface area contributed by atoms with Gasteiger partial charge in [-0.05, 0) is 52.2 Å². The maximum atomic E-state index is 12.1. The number of allylic oxidation sites excluding steroid dienone is 2. The van der Waals surface area contributed by atoms with Gasteiger partial charge in [0.05, 0.1) is 5.56 Å². The second-order valence-electron chi connectivity index (χ2n) is 5.88. The van der Waals surface area contributed by atoms with Gasteiger partial charge in [-0.1, -0.05) is 29.8 Å². The number of esters is 1. The third-order valence-corrected chi connectivity index (χ3v) is 3.99. The third kappa shape index (κ3) is 3.46. The number of rotatable bonds is 3. The van der Waals surface area contributed by atoms with Crippen LogP contribution < -0.4 is 0 Å². The Morgan fingerprint density at radius 3 is 2.53 bits per heavy atom. The van der Waals surface area contributed by atoms with Crippen LogP contribution in [0.4, 0.5) is 0 Å². The molecule has 0 aromatic heterocycles. The summed E-state index contributed by atoms with van der Waals surface area (Å²) in [6.07, 6.45) is 5.47. The molecule has 2 heteroatoms. The molecule has 0 spiro atoms. The zero-order valence-corrected chi connectivity index (χ0v) is 12.0. The second-order valence-corrected chi connectivity index (χ2v) is 5.88. The fourth-order valence-corrected chi connectivity index (χ4v) is 2.55. The Morgan fingerprint density at radius 2 is 1.95 bits per heavy atom. The van der Waals surface area contributed by atoms with E-state index in [2.05, 4.69) is 13.0 Å². The van der Waals surface area contributed by atoms with Crippen molar-refractivity contribution >= 4 is 5.97 Å². The van der Waals surface area contributed by atoms with Crippen molar-refractivity contribution in [2.24, 2.45) is 5.92 Å². The Kier molecular flexibility index (Phi) is 4.08. The Bertz CT molecular complexity index is 471. The van der Waals surface area contributed by atoms with Crippen molar-refractivity contribution < 1.29 is 9.53 Å². The van der Waals surface area contributed by atoms with Gasteiger partial charge in [-0.25, -0.2) is 4.79 Å². The van der Waals surface area contributed by atoms with Crippen LogP contribution in [-0.2, 0) is 4.74 Å². The Labute approximate surface area is 115 Å². The molecule has 0 fully saturated rings. The molecule has 1 aliphatic carbocycles. The van der Waals surface area contributed by atoms with E-state index in [1.165, 1.54) is 5.57 Å². The van der Waals surface area contributed by atoms with Crippen LogP contribution in [0.2, 0.25) is 0 Å². The van der Waals surface area contributed by atoms with Gasteiger partial charge in [-0.15, -0.1) is 0 Å². The molecule has 0 heterocycles. The zero-order valence-electron chi connectivity index (χ0n) is 12.0. The van der Waals surface area contributed by atoms with Gasteiger partial charge in [0.25, 0.3) is 0 Å². The lowest BCUT2D eigenvalue weighted by atomic mass is 9.79. The van der Waals surface area contributed by atoms with E-state index < -0.39 is 5.60 Å². The highest BCUT2D eigenvalue weighted by molar-refractivity contribution is 5.89. The van der Waals surface area contributed by atoms with Crippen LogP contribution in [-0.4, -0.2) is 11.6 Å². The van der Waals surface area contributed by atoms with Gasteiger partial charge < -0.3 is 4.74 Å². The number of ether oxygens (including phenoxy) is 1. The number of hydrogen-bond donors (Lipinski definition) is 0. The first-order chi connectivity index (χ1) is 8.99. The van der Waals surface area contributed by atoms with Crippen LogP contribution in [0, 0.1) is 5.92 Å². The normalized spacial score (nSPS) is 19.7. The fraction of sp³-hybridized carbons (Fsp3) is 0.471. The molecule has 1 aromatic rings. The molecule has 0 saturated heterocycles. The van der Waals surface area contributed by atoms with Gasteiger partial charge in [-0.3, -0.25) is 0 Å². The number of carbonyl (C=O) groups excluding carboxylic acids is 1. The first-order valence-corrected chi connectivity index (χ1v) is 6.93. The average Bonchev–Trinajstić information content (AvgIpc) is 2.40. The highest BCUT2D eigenvalue weighted by atomic mass is 16.6. The van der Waals surface area contributed by atoms with Crippen molar-refractivity contribution in [2.75, 3.05) is 0 Å². The van der Waals surface area contributed by atoms with Crippen molar-refractivity contribution in [3.63, 3.8) is 0 Å². The van der Waals surface area contributed by atoms with E-state index in [-0.39, 0.29) is 5.97 Å². The quantitative estimate of drug-likeness (QED) is 0.594. The molecule has 102 valence electrons. The largest absolute Gasteiger partial charge is 0.456 e. The van der Waals surface area contributed by atoms with Crippen LogP contribution in [0.3, 0.4) is 0 Å². The monoisotopic (exact) mass is 258 g/mol. The predicted molar refractivity (Wildman–Crippen MR) is 77.0 cm³/mol. The standard InChI is InChI=1S/C17H22O2/c1-13-9-11-15(12-10-13)17(2,3)19-16(18)14-7-5-4-6-8-14/h4-9,15H,10-12H2,1-3H3. The Morgan fingerprint density at radius 1 is 1.26 bits per heavy atom. The average molecular weight is 258 g/mol. The third-order valence-electron chi connectivity index (χ3n) is 3.99. The molecule has 1 atom stereocenters. The molecule has 0 saturated carbocycles. The summed E-state index contributed by atoms with van der Waals surface area (Å²) in [4.78, 5) is 12.1. The molecule has 0 bridgehead atoms. The maximum Gasteiger partial charge on any atom is 0.338 e.